The van der Waals surface area contributed by atoms with Gasteiger partial charge in [-0.05, 0) is 74.8 Å². The summed E-state index contributed by atoms with van der Waals surface area (Å²) in [7, 11) is 1.50. The number of pyridine rings is 1. The van der Waals surface area contributed by atoms with E-state index in [0.29, 0.717) is 17.8 Å². The number of hydrogen-bond donors (Lipinski definition) is 4. The maximum atomic E-state index is 13.3. The lowest BCUT2D eigenvalue weighted by molar-refractivity contribution is -0.138. The van der Waals surface area contributed by atoms with Crippen LogP contribution < -0.4 is 26.8 Å². The van der Waals surface area contributed by atoms with Crippen molar-refractivity contribution in [3.63, 3.8) is 0 Å². The lowest BCUT2D eigenvalue weighted by atomic mass is 9.79. The van der Waals surface area contributed by atoms with Gasteiger partial charge in [0, 0.05) is 32.3 Å². The van der Waals surface area contributed by atoms with Crippen molar-refractivity contribution in [3.8, 4) is 0 Å². The quantitative estimate of drug-likeness (QED) is 0.248. The molecule has 4 fully saturated rings. The molecule has 6 rings (SSSR count). The monoisotopic (exact) mass is 580 g/mol. The van der Waals surface area contributed by atoms with Gasteiger partial charge in [-0.2, -0.15) is 0 Å². The van der Waals surface area contributed by atoms with E-state index >= 15 is 0 Å². The summed E-state index contributed by atoms with van der Waals surface area (Å²) in [6.45, 7) is 1.74. The van der Waals surface area contributed by atoms with E-state index in [2.05, 4.69) is 31.6 Å². The standard InChI is InChI=1S/C28H36N8O6/c1-3-29-27(41)22(37)7-6-19(31-26(40)21-13-30-34-35(21)2)25(39)32-20-5-4-8-36(28(20)42)14-23(38)33-24-17-10-15-9-16(12-17)18(24)11-15/h4-5,8,13,15-19,24H,3,6-7,9-12,14H2,1-2H3,(H,29,41)(H,31,40)(H,32,39)(H,33,38)/t15?,16?,17?,18?,19-,24?/m0/s1. The van der Waals surface area contributed by atoms with Crippen molar-refractivity contribution in [1.29, 1.82) is 0 Å². The molecule has 0 aliphatic heterocycles. The molecule has 0 saturated heterocycles. The summed E-state index contributed by atoms with van der Waals surface area (Å²) in [5.41, 5.74) is -0.612. The number of Topliss-reactive ketones (excluding diaryl/α,β-unsaturated/α-hetero) is 1. The molecular formula is C28H36N8O6. The first kappa shape index (κ1) is 29.1. The molecule has 4 N–H and O–H groups in total. The molecule has 4 saturated carbocycles. The van der Waals surface area contributed by atoms with Crippen molar-refractivity contribution < 1.29 is 24.0 Å². The predicted octanol–water partition coefficient (Wildman–Crippen LogP) is -0.250. The molecule has 6 atom stereocenters. The van der Waals surface area contributed by atoms with Crippen molar-refractivity contribution in [1.82, 2.24) is 35.5 Å². The Morgan fingerprint density at radius 1 is 1.10 bits per heavy atom. The number of likely N-dealkylation sites (N-methyl/N-ethyl adjacent to an activating group) is 1. The van der Waals surface area contributed by atoms with Crippen molar-refractivity contribution in [2.75, 3.05) is 11.9 Å². The molecule has 0 spiro atoms. The molecule has 4 bridgehead atoms. The SMILES string of the molecule is CCNC(=O)C(=O)CC[C@H](NC(=O)c1cnnn1C)C(=O)Nc1cccn(CC(=O)NC2C3CC4CC(C3)C2C4)c1=O. The van der Waals surface area contributed by atoms with Gasteiger partial charge in [-0.25, -0.2) is 4.68 Å². The first-order chi connectivity index (χ1) is 20.1. The normalized spacial score (nSPS) is 24.2. The summed E-state index contributed by atoms with van der Waals surface area (Å²) >= 11 is 0. The first-order valence-corrected chi connectivity index (χ1v) is 14.4. The minimum absolute atomic E-state index is 0.0690. The summed E-state index contributed by atoms with van der Waals surface area (Å²) in [4.78, 5) is 76.3. The maximum absolute atomic E-state index is 13.3. The number of aryl methyl sites for hydroxylation is 1. The second-order valence-corrected chi connectivity index (χ2v) is 11.5. The van der Waals surface area contributed by atoms with E-state index in [4.69, 9.17) is 0 Å². The molecule has 4 aliphatic rings. The number of anilines is 1. The topological polar surface area (TPSA) is 186 Å². The van der Waals surface area contributed by atoms with Crippen molar-refractivity contribution in [2.45, 2.75) is 64.1 Å². The number of carbonyl (C=O) groups excluding carboxylic acids is 5. The fourth-order valence-corrected chi connectivity index (χ4v) is 6.97. The Morgan fingerprint density at radius 2 is 1.88 bits per heavy atom. The molecule has 14 heteroatoms. The Bertz CT molecular complexity index is 1450. The number of amides is 4. The lowest BCUT2D eigenvalue weighted by Crippen LogP contribution is -2.46. The highest BCUT2D eigenvalue weighted by atomic mass is 16.2. The summed E-state index contributed by atoms with van der Waals surface area (Å²) < 4.78 is 2.44. The maximum Gasteiger partial charge on any atom is 0.287 e. The number of rotatable bonds is 12. The van der Waals surface area contributed by atoms with Gasteiger partial charge in [0.25, 0.3) is 17.4 Å². The number of nitrogens with one attached hydrogen (secondary N) is 4. The largest absolute Gasteiger partial charge is 0.351 e. The molecule has 2 heterocycles. The van der Waals surface area contributed by atoms with Gasteiger partial charge < -0.3 is 25.8 Å². The number of nitrogens with zero attached hydrogens (tertiary/aromatic N) is 4. The van der Waals surface area contributed by atoms with E-state index in [-0.39, 0.29) is 49.3 Å². The van der Waals surface area contributed by atoms with Gasteiger partial charge in [0.05, 0.1) is 6.20 Å². The van der Waals surface area contributed by atoms with Crippen LogP contribution in [0.5, 0.6) is 0 Å². The molecule has 42 heavy (non-hydrogen) atoms. The van der Waals surface area contributed by atoms with Crippen LogP contribution in [-0.2, 0) is 32.8 Å². The third-order valence-electron chi connectivity index (χ3n) is 8.80. The van der Waals surface area contributed by atoms with Gasteiger partial charge in [0.1, 0.15) is 24.0 Å². The molecule has 0 aromatic carbocycles. The second-order valence-electron chi connectivity index (χ2n) is 11.5. The zero-order chi connectivity index (χ0) is 30.0. The van der Waals surface area contributed by atoms with Crippen molar-refractivity contribution >= 4 is 35.1 Å². The van der Waals surface area contributed by atoms with Gasteiger partial charge in [-0.15, -0.1) is 5.10 Å². The van der Waals surface area contributed by atoms with E-state index in [1.54, 1.807) is 6.92 Å². The first-order valence-electron chi connectivity index (χ1n) is 14.4. The third-order valence-corrected chi connectivity index (χ3v) is 8.80. The molecular weight excluding hydrogens is 544 g/mol. The number of aromatic nitrogens is 4. The third kappa shape index (κ3) is 6.11. The fraction of sp³-hybridized carbons (Fsp3) is 0.571. The predicted molar refractivity (Wildman–Crippen MR) is 149 cm³/mol. The summed E-state index contributed by atoms with van der Waals surface area (Å²) in [6.07, 6.45) is 6.91. The Balaban J connectivity index is 1.25. The van der Waals surface area contributed by atoms with Gasteiger partial charge in [-0.3, -0.25) is 28.8 Å². The second kappa shape index (κ2) is 12.2. The summed E-state index contributed by atoms with van der Waals surface area (Å²) in [5.74, 6) is -0.717. The summed E-state index contributed by atoms with van der Waals surface area (Å²) in [6, 6.07) is 1.82. The molecule has 4 aliphatic carbocycles. The highest BCUT2D eigenvalue weighted by Gasteiger charge is 2.54. The minimum Gasteiger partial charge on any atom is -0.351 e. The molecule has 224 valence electrons. The van der Waals surface area contributed by atoms with Crippen LogP contribution in [0.4, 0.5) is 5.69 Å². The zero-order valence-corrected chi connectivity index (χ0v) is 23.7. The Labute approximate surface area is 242 Å². The van der Waals surface area contributed by atoms with E-state index < -0.39 is 35.1 Å². The van der Waals surface area contributed by atoms with Crippen LogP contribution in [0, 0.1) is 23.7 Å². The van der Waals surface area contributed by atoms with E-state index in [1.165, 1.54) is 47.2 Å². The van der Waals surface area contributed by atoms with Crippen molar-refractivity contribution in [2.24, 2.45) is 30.7 Å². The van der Waals surface area contributed by atoms with E-state index in [0.717, 1.165) is 25.2 Å². The van der Waals surface area contributed by atoms with Gasteiger partial charge in [-0.1, -0.05) is 5.21 Å². The van der Waals surface area contributed by atoms with Crippen LogP contribution >= 0.6 is 0 Å². The average Bonchev–Trinajstić information content (AvgIpc) is 3.58. The molecule has 2 aromatic rings. The van der Waals surface area contributed by atoms with E-state index in [9.17, 15) is 28.8 Å². The highest BCUT2D eigenvalue weighted by molar-refractivity contribution is 6.36. The van der Waals surface area contributed by atoms with Crippen LogP contribution in [0.2, 0.25) is 0 Å². The minimum atomic E-state index is -1.27. The average molecular weight is 581 g/mol. The lowest BCUT2D eigenvalue weighted by Gasteiger charge is -2.32. The van der Waals surface area contributed by atoms with Gasteiger partial charge in [0.2, 0.25) is 17.6 Å². The highest BCUT2D eigenvalue weighted by Crippen LogP contribution is 2.58. The summed E-state index contributed by atoms with van der Waals surface area (Å²) in [5, 5.41) is 18.0. The fourth-order valence-electron chi connectivity index (χ4n) is 6.97. The Morgan fingerprint density at radius 3 is 2.60 bits per heavy atom. The Hall–Kier alpha value is -4.36. The molecule has 5 unspecified atom stereocenters. The van der Waals surface area contributed by atoms with Crippen LogP contribution in [0.15, 0.2) is 29.3 Å². The van der Waals surface area contributed by atoms with Crippen LogP contribution in [-0.4, -0.2) is 67.6 Å². The number of carbonyl (C=O) groups is 5. The zero-order valence-electron chi connectivity index (χ0n) is 23.7. The molecule has 4 amide bonds. The smallest absolute Gasteiger partial charge is 0.287 e. The van der Waals surface area contributed by atoms with Crippen molar-refractivity contribution in [3.05, 3.63) is 40.6 Å². The number of hydrogen-bond acceptors (Lipinski definition) is 8. The van der Waals surface area contributed by atoms with Crippen LogP contribution in [0.25, 0.3) is 0 Å². The molecule has 2 aromatic heterocycles. The number of ketones is 1. The Kier molecular flexibility index (Phi) is 8.50. The van der Waals surface area contributed by atoms with Crippen LogP contribution in [0.1, 0.15) is 55.9 Å². The van der Waals surface area contributed by atoms with Crippen LogP contribution in [0.3, 0.4) is 0 Å². The molecule has 0 radical (unpaired) electrons. The van der Waals surface area contributed by atoms with Gasteiger partial charge >= 0.3 is 0 Å². The molecule has 14 nitrogen and oxygen atoms in total. The van der Waals surface area contributed by atoms with E-state index in [1.807, 2.05) is 0 Å². The van der Waals surface area contributed by atoms with Gasteiger partial charge in [0.15, 0.2) is 0 Å².